The van der Waals surface area contributed by atoms with Crippen LogP contribution in [0.3, 0.4) is 0 Å². The molecule has 0 bridgehead atoms. The fourth-order valence-corrected chi connectivity index (χ4v) is 0.582. The third-order valence-corrected chi connectivity index (χ3v) is 1.23. The molecule has 0 amide bonds. The summed E-state index contributed by atoms with van der Waals surface area (Å²) in [5.41, 5.74) is 0. The van der Waals surface area contributed by atoms with E-state index < -0.39 is 11.9 Å². The molecule has 0 spiro atoms. The van der Waals surface area contributed by atoms with Gasteiger partial charge in [0.05, 0.1) is 0 Å². The third kappa shape index (κ3) is 31.3. The Hall–Kier alpha value is -0.601. The molecule has 1 radical (unpaired) electrons. The van der Waals surface area contributed by atoms with E-state index in [1.807, 2.05) is 0 Å². The van der Waals surface area contributed by atoms with Crippen molar-refractivity contribution in [2.75, 3.05) is 13.1 Å². The number of rotatable bonds is 4. The van der Waals surface area contributed by atoms with Crippen molar-refractivity contribution in [3.8, 4) is 11.5 Å². The smallest absolute Gasteiger partial charge is 0 e. The first kappa shape index (κ1) is 21.7. The van der Waals surface area contributed by atoms with Gasteiger partial charge in [-0.05, 0) is 0 Å². The normalized spacial score (nSPS) is 7.06. The van der Waals surface area contributed by atoms with Crippen LogP contribution in [-0.2, 0) is 35.8 Å². The Labute approximate surface area is 109 Å². The number of aliphatic carboxylic acids is 2. The average molecular weight is 330 g/mol. The summed E-state index contributed by atoms with van der Waals surface area (Å²) in [6, 6.07) is 0. The van der Waals surface area contributed by atoms with Crippen molar-refractivity contribution in [3.05, 3.63) is 0 Å². The van der Waals surface area contributed by atoms with Crippen LogP contribution in [0.2, 0.25) is 0 Å². The van der Waals surface area contributed by atoms with Crippen molar-refractivity contribution in [3.63, 3.8) is 0 Å². The van der Waals surface area contributed by atoms with Gasteiger partial charge in [0, 0.05) is 17.1 Å². The molecule has 0 aromatic carbocycles. The van der Waals surface area contributed by atoms with Crippen molar-refractivity contribution >= 4 is 27.8 Å². The van der Waals surface area contributed by atoms with Crippen molar-refractivity contribution in [2.45, 2.75) is 0 Å². The summed E-state index contributed by atoms with van der Waals surface area (Å²) in [7, 11) is -0.648. The fraction of sp³-hybridized carbons (Fsp3) is 0.333. The van der Waals surface area contributed by atoms with E-state index in [1.165, 1.54) is 0 Å². The van der Waals surface area contributed by atoms with Gasteiger partial charge in [0.15, 0.2) is 0 Å². The Morgan fingerprint density at radius 3 is 1.41 bits per heavy atom. The van der Waals surface area contributed by atoms with E-state index in [4.69, 9.17) is 10.2 Å². The second-order valence-electron chi connectivity index (χ2n) is 1.90. The Balaban J connectivity index is -0.000000218. The van der Waals surface area contributed by atoms with Gasteiger partial charge in [0.2, 0.25) is 0 Å². The Morgan fingerprint density at radius 1 is 0.941 bits per heavy atom. The first-order valence-electron chi connectivity index (χ1n) is 3.58. The van der Waals surface area contributed by atoms with Crippen LogP contribution in [0.5, 0.6) is 0 Å². The molecular weight excluding hydrogens is 322 g/mol. The first-order chi connectivity index (χ1) is 7.54. The predicted molar refractivity (Wildman–Crippen MR) is 54.3 cm³/mol. The molecule has 0 rings (SSSR count). The molecule has 0 atom stereocenters. The molecule has 0 fully saturated rings. The van der Waals surface area contributed by atoms with E-state index in [-0.39, 0.29) is 46.0 Å². The van der Waals surface area contributed by atoms with Gasteiger partial charge >= 0.3 is 91.9 Å². The SMILES string of the molecule is O=P#CNCC(=O)O.O=P#CNCC(=O)O.[Cu]. The summed E-state index contributed by atoms with van der Waals surface area (Å²) in [6.45, 7) is -0.482. The van der Waals surface area contributed by atoms with Crippen molar-refractivity contribution < 1.29 is 46.0 Å². The Bertz CT molecular complexity index is 387. The molecule has 17 heavy (non-hydrogen) atoms. The molecule has 0 aliphatic heterocycles. The van der Waals surface area contributed by atoms with Gasteiger partial charge in [-0.1, -0.05) is 0 Å². The van der Waals surface area contributed by atoms with Crippen LogP contribution in [0.1, 0.15) is 0 Å². The van der Waals surface area contributed by atoms with Crippen molar-refractivity contribution in [1.29, 1.82) is 0 Å². The Morgan fingerprint density at radius 2 is 1.24 bits per heavy atom. The molecule has 99 valence electrons. The van der Waals surface area contributed by atoms with Gasteiger partial charge < -0.3 is 0 Å². The molecular formula is C6H8CuN2O6P2. The maximum absolute atomic E-state index is 9.67. The topological polar surface area (TPSA) is 133 Å². The van der Waals surface area contributed by atoms with E-state index in [9.17, 15) is 18.7 Å². The second kappa shape index (κ2) is 17.8. The molecule has 0 saturated carbocycles. The molecule has 11 heteroatoms. The minimum Gasteiger partial charge on any atom is 0 e. The molecule has 0 heterocycles. The van der Waals surface area contributed by atoms with Gasteiger partial charge in [-0.25, -0.2) is 0 Å². The predicted octanol–water partition coefficient (Wildman–Crippen LogP) is -0.265. The first-order valence-corrected chi connectivity index (χ1v) is 5.21. The number of carboxylic acid groups (broad SMARTS) is 2. The summed E-state index contributed by atoms with van der Waals surface area (Å²) < 4.78 is 19.0. The van der Waals surface area contributed by atoms with E-state index in [0.717, 1.165) is 0 Å². The zero-order chi connectivity index (χ0) is 12.8. The number of hydrogen-bond donors (Lipinski definition) is 4. The molecule has 8 nitrogen and oxygen atoms in total. The minimum atomic E-state index is -0.999. The largest absolute Gasteiger partial charge is 0 e. The zero-order valence-corrected chi connectivity index (χ0v) is 10.9. The molecule has 0 aromatic heterocycles. The van der Waals surface area contributed by atoms with Gasteiger partial charge in [-0.2, -0.15) is 0 Å². The van der Waals surface area contributed by atoms with Gasteiger partial charge in [0.25, 0.3) is 0 Å². The Kier molecular flexibility index (Phi) is 22.7. The molecule has 4 N–H and O–H groups in total. The van der Waals surface area contributed by atoms with E-state index in [1.54, 1.807) is 0 Å². The van der Waals surface area contributed by atoms with Gasteiger partial charge in [-0.3, -0.25) is 0 Å². The second-order valence-corrected chi connectivity index (χ2v) is 2.71. The van der Waals surface area contributed by atoms with Crippen molar-refractivity contribution in [2.24, 2.45) is 0 Å². The molecule has 0 aliphatic carbocycles. The molecule has 0 aliphatic rings. The fourth-order valence-electron chi connectivity index (χ4n) is 0.295. The van der Waals surface area contributed by atoms with Gasteiger partial charge in [-0.15, -0.1) is 0 Å². The van der Waals surface area contributed by atoms with Crippen LogP contribution in [0, 0.1) is 11.5 Å². The summed E-state index contributed by atoms with van der Waals surface area (Å²) in [6.07, 6.45) is 0. The van der Waals surface area contributed by atoms with Crippen LogP contribution in [0.4, 0.5) is 0 Å². The van der Waals surface area contributed by atoms with Crippen LogP contribution in [0.25, 0.3) is 0 Å². The van der Waals surface area contributed by atoms with Crippen LogP contribution >= 0.6 is 15.8 Å². The third-order valence-electron chi connectivity index (χ3n) is 0.729. The zero-order valence-electron chi connectivity index (χ0n) is 8.14. The summed E-state index contributed by atoms with van der Waals surface area (Å²) in [5, 5.41) is 20.2. The summed E-state index contributed by atoms with van der Waals surface area (Å²) in [4.78, 5) is 19.3. The maximum atomic E-state index is 9.67. The molecule has 0 unspecified atom stereocenters. The standard InChI is InChI=1S/2C3H4NO3P.Cu/c2*5-3(6)1-4-2-8-7;/h2*4H,1H2,(H,5,6);. The van der Waals surface area contributed by atoms with Crippen LogP contribution < -0.4 is 10.6 Å². The number of hydrogen-bond acceptors (Lipinski definition) is 6. The van der Waals surface area contributed by atoms with E-state index in [2.05, 4.69) is 22.1 Å². The van der Waals surface area contributed by atoms with E-state index in [0.29, 0.717) is 0 Å². The molecule has 0 aromatic rings. The van der Waals surface area contributed by atoms with Crippen molar-refractivity contribution in [1.82, 2.24) is 10.6 Å². The number of nitrogens with one attached hydrogen (secondary N) is 2. The summed E-state index contributed by atoms with van der Waals surface area (Å²) >= 11 is 0. The number of carboxylic acids is 2. The average Bonchev–Trinajstić information content (AvgIpc) is 2.18. The van der Waals surface area contributed by atoms with E-state index >= 15 is 0 Å². The van der Waals surface area contributed by atoms with Gasteiger partial charge in [0.1, 0.15) is 0 Å². The maximum Gasteiger partial charge on any atom is 0 e. The molecule has 0 saturated heterocycles. The quantitative estimate of drug-likeness (QED) is 0.315. The van der Waals surface area contributed by atoms with Crippen LogP contribution in [0.15, 0.2) is 0 Å². The monoisotopic (exact) mass is 329 g/mol. The minimum absolute atomic E-state index is 0. The van der Waals surface area contributed by atoms with Crippen LogP contribution in [-0.4, -0.2) is 35.2 Å². The number of carbonyl (C=O) groups is 2. The summed E-state index contributed by atoms with van der Waals surface area (Å²) in [5.74, 6) is 2.13.